The molecule has 6 nitrogen and oxygen atoms in total. The van der Waals surface area contributed by atoms with Crippen molar-refractivity contribution in [3.63, 3.8) is 0 Å². The minimum absolute atomic E-state index is 0.242. The van der Waals surface area contributed by atoms with Gasteiger partial charge >= 0.3 is 0 Å². The predicted octanol–water partition coefficient (Wildman–Crippen LogP) is 1.26. The van der Waals surface area contributed by atoms with Crippen LogP contribution < -0.4 is 10.0 Å². The highest BCUT2D eigenvalue weighted by molar-refractivity contribution is 7.89. The van der Waals surface area contributed by atoms with Gasteiger partial charge in [-0.25, -0.2) is 13.1 Å². The van der Waals surface area contributed by atoms with E-state index in [2.05, 4.69) is 15.1 Å². The fraction of sp³-hybridized carbons (Fsp3) is 0.357. The first-order chi connectivity index (χ1) is 10.0. The van der Waals surface area contributed by atoms with Crippen molar-refractivity contribution in [3.05, 3.63) is 41.7 Å². The van der Waals surface area contributed by atoms with Crippen LogP contribution in [0.15, 0.2) is 35.5 Å². The van der Waals surface area contributed by atoms with Crippen LogP contribution in [-0.2, 0) is 30.0 Å². The quantitative estimate of drug-likeness (QED) is 0.891. The summed E-state index contributed by atoms with van der Waals surface area (Å²) in [5.74, 6) is 0. The van der Waals surface area contributed by atoms with Crippen molar-refractivity contribution in [2.75, 3.05) is 11.9 Å². The van der Waals surface area contributed by atoms with Crippen molar-refractivity contribution >= 4 is 15.7 Å². The molecule has 0 fully saturated rings. The van der Waals surface area contributed by atoms with Gasteiger partial charge < -0.3 is 5.32 Å². The van der Waals surface area contributed by atoms with E-state index in [0.717, 1.165) is 36.2 Å². The molecule has 1 aliphatic rings. The lowest BCUT2D eigenvalue weighted by atomic mass is 10.0. The minimum Gasteiger partial charge on any atom is -0.385 e. The number of benzene rings is 1. The number of aryl methyl sites for hydroxylation is 2. The second-order valence-electron chi connectivity index (χ2n) is 5.20. The molecule has 0 unspecified atom stereocenters. The Hall–Kier alpha value is -1.86. The molecule has 112 valence electrons. The van der Waals surface area contributed by atoms with Crippen molar-refractivity contribution in [1.82, 2.24) is 14.5 Å². The van der Waals surface area contributed by atoms with Crippen LogP contribution in [0.4, 0.5) is 5.69 Å². The number of fused-ring (bicyclic) bond motifs is 1. The summed E-state index contributed by atoms with van der Waals surface area (Å²) >= 11 is 0. The first-order valence-corrected chi connectivity index (χ1v) is 8.37. The van der Waals surface area contributed by atoms with Crippen LogP contribution in [-0.4, -0.2) is 24.7 Å². The summed E-state index contributed by atoms with van der Waals surface area (Å²) in [5.41, 5.74) is 2.93. The second kappa shape index (κ2) is 5.50. The van der Waals surface area contributed by atoms with Crippen LogP contribution in [0.1, 0.15) is 17.5 Å². The zero-order valence-corrected chi connectivity index (χ0v) is 12.7. The molecule has 0 amide bonds. The van der Waals surface area contributed by atoms with E-state index >= 15 is 0 Å². The van der Waals surface area contributed by atoms with Gasteiger partial charge in [0.2, 0.25) is 10.0 Å². The molecule has 0 atom stereocenters. The largest absolute Gasteiger partial charge is 0.385 e. The van der Waals surface area contributed by atoms with E-state index in [1.165, 1.54) is 0 Å². The number of anilines is 1. The van der Waals surface area contributed by atoms with Crippen molar-refractivity contribution in [3.8, 4) is 0 Å². The van der Waals surface area contributed by atoms with E-state index in [9.17, 15) is 8.42 Å². The maximum Gasteiger partial charge on any atom is 0.240 e. The first-order valence-electron chi connectivity index (χ1n) is 6.88. The van der Waals surface area contributed by atoms with Crippen LogP contribution in [0.2, 0.25) is 0 Å². The molecule has 3 rings (SSSR count). The molecule has 1 aromatic carbocycles. The van der Waals surface area contributed by atoms with E-state index in [1.54, 1.807) is 36.3 Å². The highest BCUT2D eigenvalue weighted by Crippen LogP contribution is 2.24. The van der Waals surface area contributed by atoms with E-state index in [0.29, 0.717) is 4.90 Å². The molecule has 21 heavy (non-hydrogen) atoms. The first kappa shape index (κ1) is 14.1. The Labute approximate surface area is 124 Å². The molecule has 2 aromatic rings. The lowest BCUT2D eigenvalue weighted by Crippen LogP contribution is -2.23. The average Bonchev–Trinajstić information content (AvgIpc) is 2.90. The fourth-order valence-corrected chi connectivity index (χ4v) is 3.51. The molecule has 0 saturated heterocycles. The monoisotopic (exact) mass is 306 g/mol. The number of aromatic nitrogens is 2. The fourth-order valence-electron chi connectivity index (χ4n) is 2.44. The van der Waals surface area contributed by atoms with Gasteiger partial charge in [-0.2, -0.15) is 5.10 Å². The summed E-state index contributed by atoms with van der Waals surface area (Å²) in [6.07, 6.45) is 5.38. The number of hydrogen-bond acceptors (Lipinski definition) is 4. The minimum atomic E-state index is -3.50. The molecule has 1 aromatic heterocycles. The molecule has 0 bridgehead atoms. The summed E-state index contributed by atoms with van der Waals surface area (Å²) in [4.78, 5) is 0.314. The van der Waals surface area contributed by atoms with Gasteiger partial charge in [0.15, 0.2) is 0 Å². The molecule has 0 spiro atoms. The maximum absolute atomic E-state index is 12.3. The summed E-state index contributed by atoms with van der Waals surface area (Å²) < 4.78 is 28.9. The van der Waals surface area contributed by atoms with E-state index in [-0.39, 0.29) is 6.54 Å². The summed E-state index contributed by atoms with van der Waals surface area (Å²) in [6.45, 7) is 1.18. The molecule has 0 aliphatic carbocycles. The third-order valence-electron chi connectivity index (χ3n) is 3.55. The summed E-state index contributed by atoms with van der Waals surface area (Å²) in [7, 11) is -1.70. The normalized spacial score (nSPS) is 14.5. The molecule has 1 aliphatic heterocycles. The zero-order valence-electron chi connectivity index (χ0n) is 11.8. The number of nitrogens with one attached hydrogen (secondary N) is 2. The Kier molecular flexibility index (Phi) is 3.69. The van der Waals surface area contributed by atoms with Crippen molar-refractivity contribution in [1.29, 1.82) is 0 Å². The molecule has 0 saturated carbocycles. The van der Waals surface area contributed by atoms with Gasteiger partial charge in [0.1, 0.15) is 0 Å². The number of rotatable bonds is 4. The molecular weight excluding hydrogens is 288 g/mol. The Morgan fingerprint density at radius 2 is 2.29 bits per heavy atom. The number of hydrogen-bond donors (Lipinski definition) is 2. The molecular formula is C14H18N4O2S. The zero-order chi connectivity index (χ0) is 14.9. The maximum atomic E-state index is 12.3. The van der Waals surface area contributed by atoms with Gasteiger partial charge in [0.05, 0.1) is 11.1 Å². The number of nitrogens with zero attached hydrogens (tertiary/aromatic N) is 2. The van der Waals surface area contributed by atoms with E-state index in [4.69, 9.17) is 0 Å². The van der Waals surface area contributed by atoms with Crippen molar-refractivity contribution in [2.24, 2.45) is 7.05 Å². The topological polar surface area (TPSA) is 76.0 Å². The van der Waals surface area contributed by atoms with Crippen LogP contribution in [0.25, 0.3) is 0 Å². The Bertz CT molecular complexity index is 752. The van der Waals surface area contributed by atoms with Gasteiger partial charge in [0.25, 0.3) is 0 Å². The standard InChI is InChI=1S/C14H18N4O2S/c1-18-10-11(8-16-18)9-17-21(19,20)13-4-5-14-12(7-13)3-2-6-15-14/h4-5,7-8,10,15,17H,2-3,6,9H2,1H3. The molecule has 7 heteroatoms. The van der Waals surface area contributed by atoms with E-state index in [1.807, 2.05) is 6.07 Å². The van der Waals surface area contributed by atoms with Crippen molar-refractivity contribution in [2.45, 2.75) is 24.3 Å². The third-order valence-corrected chi connectivity index (χ3v) is 4.95. The van der Waals surface area contributed by atoms with Gasteiger partial charge in [-0.15, -0.1) is 0 Å². The van der Waals surface area contributed by atoms with Crippen LogP contribution in [0, 0.1) is 0 Å². The third kappa shape index (κ3) is 3.08. The Morgan fingerprint density at radius 3 is 3.05 bits per heavy atom. The van der Waals surface area contributed by atoms with Gasteiger partial charge in [0, 0.05) is 37.6 Å². The van der Waals surface area contributed by atoms with Crippen molar-refractivity contribution < 1.29 is 8.42 Å². The molecule has 0 radical (unpaired) electrons. The van der Waals surface area contributed by atoms with Gasteiger partial charge in [-0.3, -0.25) is 4.68 Å². The Morgan fingerprint density at radius 1 is 1.43 bits per heavy atom. The molecule has 2 heterocycles. The van der Waals surface area contributed by atoms with Gasteiger partial charge in [-0.05, 0) is 36.6 Å². The van der Waals surface area contributed by atoms with Crippen LogP contribution in [0.3, 0.4) is 0 Å². The average molecular weight is 306 g/mol. The lowest BCUT2D eigenvalue weighted by Gasteiger charge is -2.18. The predicted molar refractivity (Wildman–Crippen MR) is 80.5 cm³/mol. The highest BCUT2D eigenvalue weighted by Gasteiger charge is 2.17. The highest BCUT2D eigenvalue weighted by atomic mass is 32.2. The lowest BCUT2D eigenvalue weighted by molar-refractivity contribution is 0.581. The second-order valence-corrected chi connectivity index (χ2v) is 6.96. The Balaban J connectivity index is 1.78. The summed E-state index contributed by atoms with van der Waals surface area (Å²) in [6, 6.07) is 5.24. The molecule has 2 N–H and O–H groups in total. The van der Waals surface area contributed by atoms with E-state index < -0.39 is 10.0 Å². The summed E-state index contributed by atoms with van der Waals surface area (Å²) in [5, 5.41) is 7.30. The van der Waals surface area contributed by atoms with Crippen LogP contribution in [0.5, 0.6) is 0 Å². The number of sulfonamides is 1. The van der Waals surface area contributed by atoms with Gasteiger partial charge in [-0.1, -0.05) is 0 Å². The smallest absolute Gasteiger partial charge is 0.240 e. The SMILES string of the molecule is Cn1cc(CNS(=O)(=O)c2ccc3c(c2)CCCN3)cn1. The van der Waals surface area contributed by atoms with Crippen LogP contribution >= 0.6 is 0 Å².